The topological polar surface area (TPSA) is 131 Å². The number of aliphatic hydroxyl groups excluding tert-OH is 1. The fraction of sp³-hybridized carbons (Fsp3) is 0.923. The van der Waals surface area contributed by atoms with Crippen LogP contribution in [-0.2, 0) is 18.4 Å². The summed E-state index contributed by atoms with van der Waals surface area (Å²) in [5, 5.41) is 13.7. The molecule has 48 heavy (non-hydrogen) atoms. The Morgan fingerprint density at radius 2 is 1.10 bits per heavy atom. The number of carbonyl (C=O) groups excluding carboxylic acids is 1. The molecule has 0 rings (SSSR count). The molecule has 0 aliphatic rings. The van der Waals surface area contributed by atoms with Crippen LogP contribution in [0.2, 0.25) is 0 Å². The van der Waals surface area contributed by atoms with Gasteiger partial charge in [-0.15, -0.1) is 0 Å². The predicted molar refractivity (Wildman–Crippen MR) is 203 cm³/mol. The second-order valence-electron chi connectivity index (χ2n) is 13.8. The van der Waals surface area contributed by atoms with Gasteiger partial charge in [-0.2, -0.15) is 0 Å². The maximum absolute atomic E-state index is 12.7. The van der Waals surface area contributed by atoms with Crippen molar-refractivity contribution >= 4 is 13.7 Å². The average molecular weight is 703 g/mol. The second-order valence-corrected chi connectivity index (χ2v) is 15.3. The number of aliphatic hydroxyl groups is 1. The smallest absolute Gasteiger partial charge is 0.391 e. The Hall–Kier alpha value is -0.760. The number of carbonyl (C=O) groups is 1. The molecule has 9 heteroatoms. The van der Waals surface area contributed by atoms with Gasteiger partial charge in [0.1, 0.15) is 0 Å². The molecule has 3 unspecified atom stereocenters. The third-order valence-electron chi connectivity index (χ3n) is 9.12. The van der Waals surface area contributed by atoms with Crippen LogP contribution in [0.5, 0.6) is 0 Å². The van der Waals surface area contributed by atoms with E-state index >= 15 is 0 Å². The second kappa shape index (κ2) is 36.0. The Balaban J connectivity index is 4.15. The predicted octanol–water partition coefficient (Wildman–Crippen LogP) is 10.8. The molecule has 1 amide bonds. The van der Waals surface area contributed by atoms with E-state index < -0.39 is 20.0 Å². The van der Waals surface area contributed by atoms with E-state index in [0.29, 0.717) is 12.8 Å². The summed E-state index contributed by atoms with van der Waals surface area (Å²) in [4.78, 5) is 22.6. The maximum atomic E-state index is 12.7. The minimum absolute atomic E-state index is 0.0890. The highest BCUT2D eigenvalue weighted by Gasteiger charge is 2.27. The van der Waals surface area contributed by atoms with Crippen LogP contribution in [0.3, 0.4) is 0 Å². The molecule has 0 heterocycles. The summed E-state index contributed by atoms with van der Waals surface area (Å²) in [6.45, 7) is 4.17. The molecule has 0 aromatic rings. The Labute approximate surface area is 296 Å². The number of rotatable bonds is 38. The van der Waals surface area contributed by atoms with Crippen LogP contribution >= 0.6 is 7.82 Å². The van der Waals surface area contributed by atoms with Crippen molar-refractivity contribution < 1.29 is 28.4 Å². The minimum atomic E-state index is -4.31. The van der Waals surface area contributed by atoms with Crippen LogP contribution in [0.4, 0.5) is 0 Å². The molecule has 0 aliphatic carbocycles. The highest BCUT2D eigenvalue weighted by atomic mass is 31.2. The van der Waals surface area contributed by atoms with E-state index in [1.165, 1.54) is 122 Å². The first-order chi connectivity index (χ1) is 23.4. The van der Waals surface area contributed by atoms with Gasteiger partial charge in [0.25, 0.3) is 0 Å². The monoisotopic (exact) mass is 703 g/mol. The van der Waals surface area contributed by atoms with Crippen LogP contribution in [0, 0.1) is 0 Å². The molecular formula is C39H79N2O6P. The van der Waals surface area contributed by atoms with Crippen molar-refractivity contribution in [3.8, 4) is 0 Å². The molecule has 0 aliphatic heterocycles. The Morgan fingerprint density at radius 3 is 1.60 bits per heavy atom. The molecule has 0 aromatic heterocycles. The lowest BCUT2D eigenvalue weighted by Gasteiger charge is -2.25. The molecular weight excluding hydrogens is 623 g/mol. The van der Waals surface area contributed by atoms with E-state index in [9.17, 15) is 19.4 Å². The first kappa shape index (κ1) is 47.2. The fourth-order valence-electron chi connectivity index (χ4n) is 6.00. The Morgan fingerprint density at radius 1 is 0.667 bits per heavy atom. The average Bonchev–Trinajstić information content (AvgIpc) is 3.07. The lowest BCUT2D eigenvalue weighted by molar-refractivity contribution is -0.123. The molecule has 5 N–H and O–H groups in total. The summed E-state index contributed by atoms with van der Waals surface area (Å²) < 4.78 is 22.1. The van der Waals surface area contributed by atoms with Crippen LogP contribution < -0.4 is 11.1 Å². The number of hydrogen-bond acceptors (Lipinski definition) is 6. The number of hydrogen-bond donors (Lipinski definition) is 4. The first-order valence-electron chi connectivity index (χ1n) is 20.3. The summed E-state index contributed by atoms with van der Waals surface area (Å²) in [5.74, 6) is -0.171. The van der Waals surface area contributed by atoms with Gasteiger partial charge in [0, 0.05) is 13.0 Å². The molecule has 286 valence electrons. The largest absolute Gasteiger partial charge is 0.472 e. The number of phosphoric acid groups is 1. The van der Waals surface area contributed by atoms with Crippen molar-refractivity contribution in [3.63, 3.8) is 0 Å². The van der Waals surface area contributed by atoms with Gasteiger partial charge in [-0.1, -0.05) is 174 Å². The van der Waals surface area contributed by atoms with E-state index in [0.717, 1.165) is 51.4 Å². The standard InChI is InChI=1S/C39H79N2O6P/c1-3-5-7-9-11-13-15-16-17-18-19-20-21-23-24-26-28-30-32-38(42)37(36-47-48(44,45)46-35-34-40)41-39(43)33-31-29-27-25-22-14-12-10-8-6-4-2/h10,12,37-38,42H,3-9,11,13-36,40H2,1-2H3,(H,41,43)(H,44,45)/b12-10-. The maximum Gasteiger partial charge on any atom is 0.472 e. The van der Waals surface area contributed by atoms with E-state index in [4.69, 9.17) is 14.8 Å². The number of nitrogens with one attached hydrogen (secondary N) is 1. The Bertz CT molecular complexity index is 769. The van der Waals surface area contributed by atoms with Crippen LogP contribution in [0.1, 0.15) is 200 Å². The molecule has 8 nitrogen and oxygen atoms in total. The SMILES string of the molecule is CCCC/C=C\CCCCCCCC(=O)NC(COP(=O)(O)OCCN)C(O)CCCCCCCCCCCCCCCCCCCC. The van der Waals surface area contributed by atoms with Crippen molar-refractivity contribution in [1.82, 2.24) is 5.32 Å². The normalized spacial score (nSPS) is 14.4. The summed E-state index contributed by atoms with van der Waals surface area (Å²) in [7, 11) is -4.31. The molecule has 0 fully saturated rings. The zero-order valence-corrected chi connectivity index (χ0v) is 32.4. The quantitative estimate of drug-likeness (QED) is 0.0286. The van der Waals surface area contributed by atoms with Gasteiger partial charge in [0.15, 0.2) is 0 Å². The third-order valence-corrected chi connectivity index (χ3v) is 10.1. The van der Waals surface area contributed by atoms with E-state index in [-0.39, 0.29) is 25.7 Å². The van der Waals surface area contributed by atoms with Gasteiger partial charge in [0.2, 0.25) is 5.91 Å². The van der Waals surface area contributed by atoms with Gasteiger partial charge in [-0.3, -0.25) is 13.8 Å². The number of unbranched alkanes of at least 4 members (excludes halogenated alkanes) is 24. The van der Waals surface area contributed by atoms with Crippen LogP contribution in [0.25, 0.3) is 0 Å². The number of nitrogens with two attached hydrogens (primary N) is 1. The van der Waals surface area contributed by atoms with Crippen molar-refractivity contribution in [1.29, 1.82) is 0 Å². The fourth-order valence-corrected chi connectivity index (χ4v) is 6.76. The lowest BCUT2D eigenvalue weighted by atomic mass is 10.0. The van der Waals surface area contributed by atoms with Crippen molar-refractivity contribution in [2.75, 3.05) is 19.8 Å². The highest BCUT2D eigenvalue weighted by Crippen LogP contribution is 2.43. The molecule has 0 bridgehead atoms. The summed E-state index contributed by atoms with van der Waals surface area (Å²) in [6, 6.07) is -0.773. The van der Waals surface area contributed by atoms with Crippen LogP contribution in [-0.4, -0.2) is 47.8 Å². The van der Waals surface area contributed by atoms with Gasteiger partial charge in [-0.05, 0) is 32.1 Å². The summed E-state index contributed by atoms with van der Waals surface area (Å²) in [5.41, 5.74) is 5.36. The summed E-state index contributed by atoms with van der Waals surface area (Å²) in [6.07, 6.45) is 37.9. The number of phosphoric ester groups is 1. The van der Waals surface area contributed by atoms with Gasteiger partial charge >= 0.3 is 7.82 Å². The van der Waals surface area contributed by atoms with Crippen molar-refractivity contribution in [2.45, 2.75) is 212 Å². The van der Waals surface area contributed by atoms with Crippen molar-refractivity contribution in [3.05, 3.63) is 12.2 Å². The van der Waals surface area contributed by atoms with Gasteiger partial charge < -0.3 is 21.1 Å². The zero-order chi connectivity index (χ0) is 35.4. The number of allylic oxidation sites excluding steroid dienone is 2. The highest BCUT2D eigenvalue weighted by molar-refractivity contribution is 7.47. The van der Waals surface area contributed by atoms with Crippen molar-refractivity contribution in [2.24, 2.45) is 5.73 Å². The summed E-state index contributed by atoms with van der Waals surface area (Å²) >= 11 is 0. The van der Waals surface area contributed by atoms with Gasteiger partial charge in [0.05, 0.1) is 25.4 Å². The molecule has 0 saturated heterocycles. The van der Waals surface area contributed by atoms with E-state index in [1.807, 2.05) is 0 Å². The van der Waals surface area contributed by atoms with Gasteiger partial charge in [-0.25, -0.2) is 4.57 Å². The molecule has 0 radical (unpaired) electrons. The first-order valence-corrected chi connectivity index (χ1v) is 21.8. The lowest BCUT2D eigenvalue weighted by Crippen LogP contribution is -2.46. The molecule has 0 saturated carbocycles. The van der Waals surface area contributed by atoms with E-state index in [1.54, 1.807) is 0 Å². The molecule has 0 spiro atoms. The van der Waals surface area contributed by atoms with E-state index in [2.05, 4.69) is 31.3 Å². The Kier molecular flexibility index (Phi) is 35.5. The zero-order valence-electron chi connectivity index (χ0n) is 31.5. The third kappa shape index (κ3) is 33.7. The molecule has 3 atom stereocenters. The minimum Gasteiger partial charge on any atom is -0.391 e. The van der Waals surface area contributed by atoms with Crippen LogP contribution in [0.15, 0.2) is 12.2 Å². The molecule has 0 aromatic carbocycles. The number of amides is 1.